The Morgan fingerprint density at radius 1 is 1.26 bits per heavy atom. The minimum absolute atomic E-state index is 0.0392. The molecule has 6 heteroatoms. The van der Waals surface area contributed by atoms with Gasteiger partial charge in [0.05, 0.1) is 24.4 Å². The van der Waals surface area contributed by atoms with Crippen LogP contribution in [0.1, 0.15) is 12.5 Å². The Labute approximate surface area is 131 Å². The van der Waals surface area contributed by atoms with Crippen LogP contribution in [0.3, 0.4) is 0 Å². The van der Waals surface area contributed by atoms with E-state index < -0.39 is 11.6 Å². The predicted molar refractivity (Wildman–Crippen MR) is 81.1 cm³/mol. The van der Waals surface area contributed by atoms with Gasteiger partial charge in [-0.05, 0) is 25.1 Å². The number of aromatic nitrogens is 2. The summed E-state index contributed by atoms with van der Waals surface area (Å²) >= 11 is 0. The van der Waals surface area contributed by atoms with Crippen molar-refractivity contribution in [2.45, 2.75) is 6.92 Å². The molecule has 0 saturated carbocycles. The number of para-hydroxylation sites is 1. The maximum atomic E-state index is 14.4. The highest BCUT2D eigenvalue weighted by Gasteiger charge is 2.24. The molecule has 0 saturated heterocycles. The van der Waals surface area contributed by atoms with Gasteiger partial charge in [-0.15, -0.1) is 0 Å². The van der Waals surface area contributed by atoms with Gasteiger partial charge in [0.25, 0.3) is 0 Å². The fourth-order valence-electron chi connectivity index (χ4n) is 2.78. The summed E-state index contributed by atoms with van der Waals surface area (Å²) in [6.07, 6.45) is 1.93. The molecule has 4 rings (SSSR count). The maximum absolute atomic E-state index is 14.4. The van der Waals surface area contributed by atoms with Gasteiger partial charge in [0, 0.05) is 12.0 Å². The lowest BCUT2D eigenvalue weighted by molar-refractivity contribution is 0.307. The van der Waals surface area contributed by atoms with E-state index in [1.165, 1.54) is 10.6 Å². The summed E-state index contributed by atoms with van der Waals surface area (Å²) in [5, 5.41) is 0. The van der Waals surface area contributed by atoms with E-state index in [2.05, 4.69) is 4.98 Å². The summed E-state index contributed by atoms with van der Waals surface area (Å²) in [6.45, 7) is 2.61. The first-order valence-corrected chi connectivity index (χ1v) is 7.29. The van der Waals surface area contributed by atoms with Gasteiger partial charge in [-0.2, -0.15) is 4.98 Å². The molecule has 3 aromatic rings. The van der Waals surface area contributed by atoms with Gasteiger partial charge < -0.3 is 9.47 Å². The molecule has 1 aromatic heterocycles. The summed E-state index contributed by atoms with van der Waals surface area (Å²) in [4.78, 5) is 4.27. The SMILES string of the molecule is CCOc1nc2ccc(F)c(F)c2n1-c1cccc2c1OC[CH]2. The molecular formula is C17H13F2N2O2. The topological polar surface area (TPSA) is 36.3 Å². The third-order valence-corrected chi connectivity index (χ3v) is 3.75. The molecule has 117 valence electrons. The molecule has 0 spiro atoms. The highest BCUT2D eigenvalue weighted by Crippen LogP contribution is 2.38. The Morgan fingerprint density at radius 3 is 2.96 bits per heavy atom. The van der Waals surface area contributed by atoms with Crippen LogP contribution in [0, 0.1) is 18.1 Å². The second-order valence-electron chi connectivity index (χ2n) is 5.10. The smallest absolute Gasteiger partial charge is 0.302 e. The Kier molecular flexibility index (Phi) is 3.18. The zero-order chi connectivity index (χ0) is 16.0. The number of halogens is 2. The van der Waals surface area contributed by atoms with Crippen molar-refractivity contribution in [1.29, 1.82) is 0 Å². The molecule has 0 amide bonds. The third kappa shape index (κ3) is 2.05. The summed E-state index contributed by atoms with van der Waals surface area (Å²) in [5.74, 6) is -1.28. The average Bonchev–Trinajstić information content (AvgIpc) is 3.15. The van der Waals surface area contributed by atoms with Gasteiger partial charge in [0.1, 0.15) is 11.3 Å². The number of ether oxygens (including phenoxy) is 2. The molecule has 2 heterocycles. The van der Waals surface area contributed by atoms with E-state index in [0.717, 1.165) is 11.6 Å². The first kappa shape index (κ1) is 14.0. The van der Waals surface area contributed by atoms with Crippen LogP contribution in [0.5, 0.6) is 11.8 Å². The lowest BCUT2D eigenvalue weighted by atomic mass is 10.1. The highest BCUT2D eigenvalue weighted by molar-refractivity contribution is 5.81. The quantitative estimate of drug-likeness (QED) is 0.740. The fourth-order valence-corrected chi connectivity index (χ4v) is 2.78. The van der Waals surface area contributed by atoms with Gasteiger partial charge >= 0.3 is 6.01 Å². The normalized spacial score (nSPS) is 13.2. The first-order chi connectivity index (χ1) is 11.2. The molecule has 0 fully saturated rings. The zero-order valence-electron chi connectivity index (χ0n) is 12.3. The van der Waals surface area contributed by atoms with Crippen molar-refractivity contribution in [2.75, 3.05) is 13.2 Å². The number of imidazole rings is 1. The van der Waals surface area contributed by atoms with Gasteiger partial charge in [-0.25, -0.2) is 8.78 Å². The van der Waals surface area contributed by atoms with Crippen molar-refractivity contribution in [3.63, 3.8) is 0 Å². The van der Waals surface area contributed by atoms with Gasteiger partial charge in [-0.1, -0.05) is 12.1 Å². The van der Waals surface area contributed by atoms with E-state index in [1.54, 1.807) is 13.0 Å². The van der Waals surface area contributed by atoms with Crippen LogP contribution in [0.4, 0.5) is 8.78 Å². The Morgan fingerprint density at radius 2 is 2.13 bits per heavy atom. The van der Waals surface area contributed by atoms with Crippen molar-refractivity contribution in [3.05, 3.63) is 54.0 Å². The lowest BCUT2D eigenvalue weighted by Gasteiger charge is -2.13. The number of hydrogen-bond acceptors (Lipinski definition) is 3. The molecule has 2 aromatic carbocycles. The van der Waals surface area contributed by atoms with Crippen LogP contribution < -0.4 is 9.47 Å². The van der Waals surface area contributed by atoms with E-state index in [1.807, 2.05) is 18.6 Å². The largest absolute Gasteiger partial charge is 0.490 e. The Bertz CT molecular complexity index is 905. The highest BCUT2D eigenvalue weighted by atomic mass is 19.2. The molecule has 0 N–H and O–H groups in total. The predicted octanol–water partition coefficient (Wildman–Crippen LogP) is 3.65. The van der Waals surface area contributed by atoms with Gasteiger partial charge in [-0.3, -0.25) is 4.57 Å². The summed E-state index contributed by atoms with van der Waals surface area (Å²) in [7, 11) is 0. The fraction of sp³-hybridized carbons (Fsp3) is 0.176. The monoisotopic (exact) mass is 315 g/mol. The van der Waals surface area contributed by atoms with E-state index in [4.69, 9.17) is 9.47 Å². The number of rotatable bonds is 3. The third-order valence-electron chi connectivity index (χ3n) is 3.75. The average molecular weight is 315 g/mol. The molecular weight excluding hydrogens is 302 g/mol. The van der Waals surface area contributed by atoms with Crippen molar-refractivity contribution in [3.8, 4) is 17.4 Å². The lowest BCUT2D eigenvalue weighted by Crippen LogP contribution is -2.04. The number of nitrogens with zero attached hydrogens (tertiary/aromatic N) is 2. The molecule has 0 atom stereocenters. The summed E-state index contributed by atoms with van der Waals surface area (Å²) in [5.41, 5.74) is 1.85. The summed E-state index contributed by atoms with van der Waals surface area (Å²) in [6, 6.07) is 8.20. The van der Waals surface area contributed by atoms with Crippen LogP contribution in [-0.4, -0.2) is 22.8 Å². The van der Waals surface area contributed by atoms with Crippen LogP contribution >= 0.6 is 0 Å². The number of fused-ring (bicyclic) bond motifs is 2. The minimum Gasteiger partial charge on any atom is -0.490 e. The van der Waals surface area contributed by atoms with Crippen molar-refractivity contribution < 1.29 is 18.3 Å². The van der Waals surface area contributed by atoms with E-state index >= 15 is 0 Å². The molecule has 4 nitrogen and oxygen atoms in total. The first-order valence-electron chi connectivity index (χ1n) is 7.29. The molecule has 1 aliphatic heterocycles. The minimum atomic E-state index is -0.958. The van der Waals surface area contributed by atoms with E-state index in [0.29, 0.717) is 30.2 Å². The van der Waals surface area contributed by atoms with E-state index in [9.17, 15) is 8.78 Å². The molecule has 0 bridgehead atoms. The number of hydrogen-bond donors (Lipinski definition) is 0. The maximum Gasteiger partial charge on any atom is 0.302 e. The standard InChI is InChI=1S/C17H13F2N2O2/c1-2-22-17-20-12-7-6-11(18)14(19)15(12)21(17)13-5-3-4-10-8-9-23-16(10)13/h3-8H,2,9H2,1H3. The van der Waals surface area contributed by atoms with Crippen molar-refractivity contribution in [1.82, 2.24) is 9.55 Å². The van der Waals surface area contributed by atoms with Crippen LogP contribution in [0.25, 0.3) is 16.7 Å². The molecule has 1 aliphatic rings. The molecule has 23 heavy (non-hydrogen) atoms. The van der Waals surface area contributed by atoms with Crippen LogP contribution in [-0.2, 0) is 0 Å². The number of benzene rings is 2. The Hall–Kier alpha value is -2.63. The molecule has 0 aliphatic carbocycles. The van der Waals surface area contributed by atoms with Gasteiger partial charge in [0.15, 0.2) is 11.6 Å². The zero-order valence-corrected chi connectivity index (χ0v) is 12.3. The van der Waals surface area contributed by atoms with E-state index in [-0.39, 0.29) is 11.5 Å². The van der Waals surface area contributed by atoms with Crippen LogP contribution in [0.2, 0.25) is 0 Å². The summed E-state index contributed by atoms with van der Waals surface area (Å²) < 4.78 is 40.8. The van der Waals surface area contributed by atoms with Crippen molar-refractivity contribution in [2.24, 2.45) is 0 Å². The Balaban J connectivity index is 2.07. The van der Waals surface area contributed by atoms with Crippen LogP contribution in [0.15, 0.2) is 30.3 Å². The molecule has 0 unspecified atom stereocenters. The molecule has 1 radical (unpaired) electrons. The van der Waals surface area contributed by atoms with Gasteiger partial charge in [0.2, 0.25) is 0 Å². The second-order valence-corrected chi connectivity index (χ2v) is 5.10. The van der Waals surface area contributed by atoms with Crippen molar-refractivity contribution >= 4 is 11.0 Å². The second kappa shape index (κ2) is 5.22.